The Balaban J connectivity index is 1.74. The van der Waals surface area contributed by atoms with E-state index in [2.05, 4.69) is 10.1 Å². The van der Waals surface area contributed by atoms with Crippen LogP contribution in [0.1, 0.15) is 5.56 Å². The molecular formula is C24H15Cl2N3O3. The maximum absolute atomic E-state index is 13.3. The quantitative estimate of drug-likeness (QED) is 0.306. The van der Waals surface area contributed by atoms with E-state index >= 15 is 0 Å². The van der Waals surface area contributed by atoms with Gasteiger partial charge in [0.2, 0.25) is 5.82 Å². The molecule has 0 amide bonds. The van der Waals surface area contributed by atoms with Gasteiger partial charge in [0, 0.05) is 21.0 Å². The van der Waals surface area contributed by atoms with Gasteiger partial charge in [0.05, 0.1) is 24.2 Å². The average Bonchev–Trinajstić information content (AvgIpc) is 3.21. The first kappa shape index (κ1) is 20.3. The van der Waals surface area contributed by atoms with Gasteiger partial charge in [-0.2, -0.15) is 9.78 Å². The van der Waals surface area contributed by atoms with Crippen molar-refractivity contribution in [3.8, 4) is 17.3 Å². The van der Waals surface area contributed by atoms with Gasteiger partial charge in [-0.3, -0.25) is 4.79 Å². The second-order valence-corrected chi connectivity index (χ2v) is 7.87. The lowest BCUT2D eigenvalue weighted by Crippen LogP contribution is -2.20. The van der Waals surface area contributed by atoms with Crippen molar-refractivity contribution >= 4 is 51.3 Å². The third kappa shape index (κ3) is 3.64. The van der Waals surface area contributed by atoms with Crippen molar-refractivity contribution in [1.29, 1.82) is 0 Å². The highest BCUT2D eigenvalue weighted by atomic mass is 35.5. The number of benzene rings is 3. The van der Waals surface area contributed by atoms with Gasteiger partial charge in [0.1, 0.15) is 11.3 Å². The number of rotatable bonds is 4. The summed E-state index contributed by atoms with van der Waals surface area (Å²) in [6.07, 6.45) is 1.51. The fraction of sp³-hybridized carbons (Fsp3) is 0.0417. The first-order valence-electron chi connectivity index (χ1n) is 9.62. The topological polar surface area (TPSA) is 69.6 Å². The van der Waals surface area contributed by atoms with Gasteiger partial charge in [-0.15, -0.1) is 0 Å². The first-order valence-corrected chi connectivity index (χ1v) is 10.4. The predicted octanol–water partition coefficient (Wildman–Crippen LogP) is 6.01. The summed E-state index contributed by atoms with van der Waals surface area (Å²) in [6, 6.07) is 19.3. The van der Waals surface area contributed by atoms with E-state index in [0.29, 0.717) is 43.6 Å². The molecule has 0 saturated carbocycles. The smallest absolute Gasteiger partial charge is 0.282 e. The summed E-state index contributed by atoms with van der Waals surface area (Å²) < 4.78 is 12.6. The number of furan rings is 1. The number of para-hydroxylation sites is 1. The Bertz CT molecular complexity index is 1570. The molecule has 2 aromatic heterocycles. The van der Waals surface area contributed by atoms with Gasteiger partial charge in [0.15, 0.2) is 5.76 Å². The second kappa shape index (κ2) is 8.15. The monoisotopic (exact) mass is 463 g/mol. The molecule has 0 N–H and O–H groups in total. The van der Waals surface area contributed by atoms with E-state index < -0.39 is 0 Å². The minimum atomic E-state index is -0.332. The number of ether oxygens (including phenoxy) is 1. The van der Waals surface area contributed by atoms with E-state index in [9.17, 15) is 4.79 Å². The Hall–Kier alpha value is -3.61. The largest absolute Gasteiger partial charge is 0.496 e. The molecule has 0 bridgehead atoms. The summed E-state index contributed by atoms with van der Waals surface area (Å²) in [6.45, 7) is 0. The highest BCUT2D eigenvalue weighted by molar-refractivity contribution is 6.31. The standard InChI is InChI=1S/C24H15Cl2N3O3/c1-31-20-8-6-17(26)11-15(20)13-27-29-23(28-19-5-3-2-4-18(19)24(29)30)22-12-14-10-16(25)7-9-21(14)32-22/h2-13H,1H3. The Labute approximate surface area is 192 Å². The number of hydrogen-bond acceptors (Lipinski definition) is 5. The molecule has 0 saturated heterocycles. The molecule has 32 heavy (non-hydrogen) atoms. The molecule has 5 aromatic rings. The normalized spacial score (nSPS) is 11.6. The lowest BCUT2D eigenvalue weighted by atomic mass is 10.2. The maximum atomic E-state index is 13.3. The lowest BCUT2D eigenvalue weighted by Gasteiger charge is -2.08. The molecule has 2 heterocycles. The summed E-state index contributed by atoms with van der Waals surface area (Å²) in [7, 11) is 1.55. The van der Waals surface area contributed by atoms with Crippen molar-refractivity contribution in [3.05, 3.63) is 92.7 Å². The molecular weight excluding hydrogens is 449 g/mol. The van der Waals surface area contributed by atoms with Gasteiger partial charge in [-0.1, -0.05) is 35.3 Å². The third-order valence-electron chi connectivity index (χ3n) is 4.96. The molecule has 0 spiro atoms. The molecule has 0 aliphatic carbocycles. The van der Waals surface area contributed by atoms with Crippen LogP contribution in [0.3, 0.4) is 0 Å². The van der Waals surface area contributed by atoms with E-state index in [1.165, 1.54) is 10.9 Å². The van der Waals surface area contributed by atoms with E-state index in [4.69, 9.17) is 32.4 Å². The molecule has 0 atom stereocenters. The SMILES string of the molecule is COc1ccc(Cl)cc1C=Nn1c(-c2cc3cc(Cl)ccc3o2)nc2ccccc2c1=O. The van der Waals surface area contributed by atoms with Crippen LogP contribution in [-0.4, -0.2) is 23.0 Å². The van der Waals surface area contributed by atoms with E-state index in [0.717, 1.165) is 5.39 Å². The molecule has 158 valence electrons. The van der Waals surface area contributed by atoms with Crippen molar-refractivity contribution in [2.75, 3.05) is 7.11 Å². The minimum Gasteiger partial charge on any atom is -0.496 e. The molecule has 0 fully saturated rings. The highest BCUT2D eigenvalue weighted by Crippen LogP contribution is 2.29. The van der Waals surface area contributed by atoms with Crippen molar-refractivity contribution in [3.63, 3.8) is 0 Å². The van der Waals surface area contributed by atoms with Crippen LogP contribution in [0.5, 0.6) is 5.75 Å². The van der Waals surface area contributed by atoms with Crippen LogP contribution in [0.2, 0.25) is 10.0 Å². The number of fused-ring (bicyclic) bond motifs is 2. The number of aromatic nitrogens is 2. The van der Waals surface area contributed by atoms with Crippen molar-refractivity contribution in [2.24, 2.45) is 5.10 Å². The van der Waals surface area contributed by atoms with Gasteiger partial charge >= 0.3 is 0 Å². The van der Waals surface area contributed by atoms with Crippen LogP contribution in [-0.2, 0) is 0 Å². The van der Waals surface area contributed by atoms with Crippen molar-refractivity contribution < 1.29 is 9.15 Å². The zero-order valence-electron chi connectivity index (χ0n) is 16.8. The maximum Gasteiger partial charge on any atom is 0.282 e. The Kier molecular flexibility index (Phi) is 5.17. The molecule has 0 unspecified atom stereocenters. The molecule has 3 aromatic carbocycles. The van der Waals surface area contributed by atoms with E-state index in [1.54, 1.807) is 67.8 Å². The Morgan fingerprint density at radius 1 is 1.03 bits per heavy atom. The van der Waals surface area contributed by atoms with Crippen molar-refractivity contribution in [2.45, 2.75) is 0 Å². The molecule has 5 rings (SSSR count). The summed E-state index contributed by atoms with van der Waals surface area (Å²) in [4.78, 5) is 18.0. The van der Waals surface area contributed by atoms with Gasteiger partial charge in [0.25, 0.3) is 5.56 Å². The lowest BCUT2D eigenvalue weighted by molar-refractivity contribution is 0.414. The summed E-state index contributed by atoms with van der Waals surface area (Å²) in [5.74, 6) is 1.22. The summed E-state index contributed by atoms with van der Waals surface area (Å²) in [5, 5.41) is 6.76. The second-order valence-electron chi connectivity index (χ2n) is 6.99. The van der Waals surface area contributed by atoms with E-state index in [-0.39, 0.29) is 11.4 Å². The number of methoxy groups -OCH3 is 1. The fourth-order valence-corrected chi connectivity index (χ4v) is 3.80. The van der Waals surface area contributed by atoms with Gasteiger partial charge in [-0.25, -0.2) is 4.98 Å². The van der Waals surface area contributed by atoms with Crippen LogP contribution in [0.25, 0.3) is 33.5 Å². The van der Waals surface area contributed by atoms with Crippen LogP contribution >= 0.6 is 23.2 Å². The van der Waals surface area contributed by atoms with Crippen LogP contribution in [0.4, 0.5) is 0 Å². The number of halogens is 2. The number of nitrogens with zero attached hydrogens (tertiary/aromatic N) is 3. The Morgan fingerprint density at radius 2 is 1.81 bits per heavy atom. The minimum absolute atomic E-state index is 0.262. The highest BCUT2D eigenvalue weighted by Gasteiger charge is 2.16. The zero-order valence-corrected chi connectivity index (χ0v) is 18.3. The molecule has 0 aliphatic rings. The zero-order chi connectivity index (χ0) is 22.2. The predicted molar refractivity (Wildman–Crippen MR) is 127 cm³/mol. The molecule has 0 aliphatic heterocycles. The van der Waals surface area contributed by atoms with Gasteiger partial charge < -0.3 is 9.15 Å². The average molecular weight is 464 g/mol. The number of hydrogen-bond donors (Lipinski definition) is 0. The summed E-state index contributed by atoms with van der Waals surface area (Å²) >= 11 is 12.2. The third-order valence-corrected chi connectivity index (χ3v) is 5.43. The first-order chi connectivity index (χ1) is 15.5. The molecule has 6 nitrogen and oxygen atoms in total. The molecule has 0 radical (unpaired) electrons. The van der Waals surface area contributed by atoms with Crippen LogP contribution in [0, 0.1) is 0 Å². The van der Waals surface area contributed by atoms with Crippen LogP contribution in [0.15, 0.2) is 81.0 Å². The summed E-state index contributed by atoms with van der Waals surface area (Å²) in [5.41, 5.74) is 1.44. The molecule has 8 heteroatoms. The Morgan fingerprint density at radius 3 is 2.66 bits per heavy atom. The van der Waals surface area contributed by atoms with Gasteiger partial charge in [-0.05, 0) is 54.6 Å². The fourth-order valence-electron chi connectivity index (χ4n) is 3.44. The van der Waals surface area contributed by atoms with E-state index in [1.807, 2.05) is 6.07 Å². The van der Waals surface area contributed by atoms with Crippen molar-refractivity contribution in [1.82, 2.24) is 9.66 Å². The van der Waals surface area contributed by atoms with Crippen LogP contribution < -0.4 is 10.3 Å².